The van der Waals surface area contributed by atoms with Crippen molar-refractivity contribution in [1.82, 2.24) is 0 Å². The standard InChI is InChI=1S/C14H11IO2/c15-12-9-5-4-8-11(12)14(17)13(16)10-6-2-1-3-7-10/h1-9,13,16H. The Bertz CT molecular complexity index is 523. The zero-order valence-corrected chi connectivity index (χ0v) is 11.2. The highest BCUT2D eigenvalue weighted by molar-refractivity contribution is 14.1. The lowest BCUT2D eigenvalue weighted by Gasteiger charge is -2.10. The molecule has 1 N–H and O–H groups in total. The van der Waals surface area contributed by atoms with Crippen LogP contribution in [0.4, 0.5) is 0 Å². The van der Waals surface area contributed by atoms with Crippen LogP contribution in [-0.2, 0) is 0 Å². The fraction of sp³-hybridized carbons (Fsp3) is 0.0714. The third-order valence-electron chi connectivity index (χ3n) is 2.50. The highest BCUT2D eigenvalue weighted by Crippen LogP contribution is 2.21. The summed E-state index contributed by atoms with van der Waals surface area (Å²) < 4.78 is 0.852. The molecule has 1 atom stereocenters. The molecule has 0 aliphatic heterocycles. The number of carbonyl (C=O) groups excluding carboxylic acids is 1. The van der Waals surface area contributed by atoms with Gasteiger partial charge in [0, 0.05) is 9.13 Å². The normalized spacial score (nSPS) is 12.1. The van der Waals surface area contributed by atoms with Gasteiger partial charge in [0.2, 0.25) is 0 Å². The van der Waals surface area contributed by atoms with Crippen molar-refractivity contribution in [3.8, 4) is 0 Å². The first-order chi connectivity index (χ1) is 8.20. The average molecular weight is 338 g/mol. The second-order valence-electron chi connectivity index (χ2n) is 3.66. The van der Waals surface area contributed by atoms with E-state index in [1.807, 2.05) is 30.3 Å². The first-order valence-electron chi connectivity index (χ1n) is 5.22. The van der Waals surface area contributed by atoms with Crippen molar-refractivity contribution in [3.05, 3.63) is 69.3 Å². The largest absolute Gasteiger partial charge is 0.380 e. The van der Waals surface area contributed by atoms with Crippen LogP contribution in [0.25, 0.3) is 0 Å². The van der Waals surface area contributed by atoms with Gasteiger partial charge in [-0.3, -0.25) is 4.79 Å². The minimum atomic E-state index is -1.09. The van der Waals surface area contributed by atoms with Crippen molar-refractivity contribution < 1.29 is 9.90 Å². The Labute approximate surface area is 113 Å². The molecule has 0 bridgehead atoms. The molecule has 0 spiro atoms. The summed E-state index contributed by atoms with van der Waals surface area (Å²) in [6.07, 6.45) is -1.09. The Kier molecular flexibility index (Phi) is 3.91. The van der Waals surface area contributed by atoms with Crippen LogP contribution in [-0.4, -0.2) is 10.9 Å². The molecule has 0 amide bonds. The maximum atomic E-state index is 12.1. The molecule has 0 radical (unpaired) electrons. The van der Waals surface area contributed by atoms with E-state index in [-0.39, 0.29) is 5.78 Å². The molecule has 2 aromatic rings. The Balaban J connectivity index is 2.30. The Hall–Kier alpha value is -1.20. The summed E-state index contributed by atoms with van der Waals surface area (Å²) in [4.78, 5) is 12.1. The number of benzene rings is 2. The van der Waals surface area contributed by atoms with Crippen LogP contribution in [0.2, 0.25) is 0 Å². The molecule has 1 unspecified atom stereocenters. The van der Waals surface area contributed by atoms with Gasteiger partial charge in [-0.25, -0.2) is 0 Å². The monoisotopic (exact) mass is 338 g/mol. The number of hydrogen-bond acceptors (Lipinski definition) is 2. The topological polar surface area (TPSA) is 37.3 Å². The fourth-order valence-electron chi connectivity index (χ4n) is 1.60. The van der Waals surface area contributed by atoms with Crippen LogP contribution in [0.15, 0.2) is 54.6 Å². The molecule has 86 valence electrons. The number of hydrogen-bond donors (Lipinski definition) is 1. The van der Waals surface area contributed by atoms with Gasteiger partial charge in [-0.2, -0.15) is 0 Å². The summed E-state index contributed by atoms with van der Waals surface area (Å²) >= 11 is 2.10. The number of Topliss-reactive ketones (excluding diaryl/α,β-unsaturated/α-hetero) is 1. The van der Waals surface area contributed by atoms with Crippen LogP contribution >= 0.6 is 22.6 Å². The van der Waals surface area contributed by atoms with Gasteiger partial charge in [-0.15, -0.1) is 0 Å². The zero-order chi connectivity index (χ0) is 12.3. The van der Waals surface area contributed by atoms with Gasteiger partial charge >= 0.3 is 0 Å². The van der Waals surface area contributed by atoms with Crippen molar-refractivity contribution >= 4 is 28.4 Å². The van der Waals surface area contributed by atoms with Crippen molar-refractivity contribution in [2.75, 3.05) is 0 Å². The van der Waals surface area contributed by atoms with Crippen LogP contribution < -0.4 is 0 Å². The molecule has 0 fully saturated rings. The number of aliphatic hydroxyl groups is 1. The lowest BCUT2D eigenvalue weighted by Crippen LogP contribution is -2.13. The third-order valence-corrected chi connectivity index (χ3v) is 3.44. The summed E-state index contributed by atoms with van der Waals surface area (Å²) in [7, 11) is 0. The van der Waals surface area contributed by atoms with Gasteiger partial charge in [0.15, 0.2) is 5.78 Å². The number of ketones is 1. The summed E-state index contributed by atoms with van der Waals surface area (Å²) in [5.74, 6) is -0.263. The predicted octanol–water partition coefficient (Wildman–Crippen LogP) is 3.21. The highest BCUT2D eigenvalue weighted by Gasteiger charge is 2.20. The molecular formula is C14H11IO2. The summed E-state index contributed by atoms with van der Waals surface area (Å²) in [6, 6.07) is 16.2. The molecule has 2 aromatic carbocycles. The van der Waals surface area contributed by atoms with Crippen molar-refractivity contribution in [2.45, 2.75) is 6.10 Å². The number of carbonyl (C=O) groups is 1. The Morgan fingerprint density at radius 3 is 2.24 bits per heavy atom. The molecule has 0 saturated heterocycles. The first-order valence-corrected chi connectivity index (χ1v) is 6.30. The SMILES string of the molecule is O=C(c1ccccc1I)C(O)c1ccccc1. The van der Waals surface area contributed by atoms with E-state index in [1.54, 1.807) is 24.3 Å². The molecule has 0 aliphatic rings. The van der Waals surface area contributed by atoms with E-state index in [0.29, 0.717) is 11.1 Å². The van der Waals surface area contributed by atoms with E-state index in [0.717, 1.165) is 3.57 Å². The molecule has 0 aliphatic carbocycles. The second-order valence-corrected chi connectivity index (χ2v) is 4.82. The molecule has 2 nitrogen and oxygen atoms in total. The maximum Gasteiger partial charge on any atom is 0.196 e. The van der Waals surface area contributed by atoms with E-state index >= 15 is 0 Å². The van der Waals surface area contributed by atoms with E-state index in [1.165, 1.54) is 0 Å². The van der Waals surface area contributed by atoms with Gasteiger partial charge in [0.25, 0.3) is 0 Å². The average Bonchev–Trinajstić information content (AvgIpc) is 2.39. The van der Waals surface area contributed by atoms with Crippen LogP contribution in [0.5, 0.6) is 0 Å². The van der Waals surface area contributed by atoms with Crippen molar-refractivity contribution in [2.24, 2.45) is 0 Å². The lowest BCUT2D eigenvalue weighted by atomic mass is 10.0. The van der Waals surface area contributed by atoms with E-state index in [9.17, 15) is 9.90 Å². The minimum Gasteiger partial charge on any atom is -0.380 e. The van der Waals surface area contributed by atoms with Crippen molar-refractivity contribution in [1.29, 1.82) is 0 Å². The number of halogens is 1. The molecule has 17 heavy (non-hydrogen) atoms. The van der Waals surface area contributed by atoms with E-state index < -0.39 is 6.10 Å². The van der Waals surface area contributed by atoms with Crippen LogP contribution in [0.1, 0.15) is 22.0 Å². The third kappa shape index (κ3) is 2.73. The molecule has 0 aromatic heterocycles. The molecular weight excluding hydrogens is 327 g/mol. The van der Waals surface area contributed by atoms with Crippen LogP contribution in [0.3, 0.4) is 0 Å². The smallest absolute Gasteiger partial charge is 0.196 e. The zero-order valence-electron chi connectivity index (χ0n) is 9.01. The van der Waals surface area contributed by atoms with Gasteiger partial charge in [-0.05, 0) is 34.2 Å². The van der Waals surface area contributed by atoms with Gasteiger partial charge in [0.1, 0.15) is 6.10 Å². The molecule has 2 rings (SSSR count). The highest BCUT2D eigenvalue weighted by atomic mass is 127. The molecule has 0 heterocycles. The van der Waals surface area contributed by atoms with Gasteiger partial charge in [0.05, 0.1) is 0 Å². The van der Waals surface area contributed by atoms with Crippen molar-refractivity contribution in [3.63, 3.8) is 0 Å². The van der Waals surface area contributed by atoms with Crippen LogP contribution in [0, 0.1) is 3.57 Å². The number of rotatable bonds is 3. The van der Waals surface area contributed by atoms with E-state index in [2.05, 4.69) is 22.6 Å². The molecule has 3 heteroatoms. The summed E-state index contributed by atoms with van der Waals surface area (Å²) in [5.41, 5.74) is 1.18. The fourth-order valence-corrected chi connectivity index (χ4v) is 2.25. The first kappa shape index (κ1) is 12.3. The number of aliphatic hydroxyl groups excluding tert-OH is 1. The second kappa shape index (κ2) is 5.42. The quantitative estimate of drug-likeness (QED) is 0.689. The molecule has 0 saturated carbocycles. The Morgan fingerprint density at radius 1 is 1.00 bits per heavy atom. The van der Waals surface area contributed by atoms with Gasteiger partial charge in [-0.1, -0.05) is 48.5 Å². The maximum absolute atomic E-state index is 12.1. The Morgan fingerprint density at radius 2 is 1.59 bits per heavy atom. The minimum absolute atomic E-state index is 0.263. The summed E-state index contributed by atoms with van der Waals surface area (Å²) in [5, 5.41) is 10.0. The predicted molar refractivity (Wildman–Crippen MR) is 74.9 cm³/mol. The van der Waals surface area contributed by atoms with E-state index in [4.69, 9.17) is 0 Å². The summed E-state index contributed by atoms with van der Waals surface area (Å²) in [6.45, 7) is 0. The lowest BCUT2D eigenvalue weighted by molar-refractivity contribution is 0.0746. The van der Waals surface area contributed by atoms with Gasteiger partial charge < -0.3 is 5.11 Å².